The van der Waals surface area contributed by atoms with E-state index in [2.05, 4.69) is 53.1 Å². The van der Waals surface area contributed by atoms with E-state index >= 15 is 0 Å². The number of hydrogen-bond donors (Lipinski definition) is 2. The monoisotopic (exact) mass is 406 g/mol. The van der Waals surface area contributed by atoms with Gasteiger partial charge < -0.3 is 10.6 Å². The summed E-state index contributed by atoms with van der Waals surface area (Å²) < 4.78 is 0. The average Bonchev–Trinajstić information content (AvgIpc) is 2.85. The molecule has 4 aromatic rings. The van der Waals surface area contributed by atoms with E-state index in [9.17, 15) is 9.59 Å². The Labute approximate surface area is 181 Å². The van der Waals surface area contributed by atoms with Crippen LogP contribution in [-0.4, -0.2) is 19.4 Å². The first kappa shape index (κ1) is 20.1. The lowest BCUT2D eigenvalue weighted by Crippen LogP contribution is -2.19. The van der Waals surface area contributed by atoms with Crippen LogP contribution in [-0.2, 0) is 4.79 Å². The summed E-state index contributed by atoms with van der Waals surface area (Å²) in [6.07, 6.45) is 0.574. The van der Waals surface area contributed by atoms with E-state index in [1.807, 2.05) is 48.5 Å². The van der Waals surface area contributed by atoms with Gasteiger partial charge in [0.2, 0.25) is 6.41 Å². The molecule has 4 aromatic carbocycles. The number of anilines is 1. The Morgan fingerprint density at radius 1 is 0.645 bits per heavy atom. The minimum absolute atomic E-state index is 0.256. The maximum atomic E-state index is 12.4. The number of carbonyl (C=O) groups is 2. The van der Waals surface area contributed by atoms with Crippen molar-refractivity contribution in [3.63, 3.8) is 0 Å². The Kier molecular flexibility index (Phi) is 5.90. The Morgan fingerprint density at radius 3 is 1.65 bits per heavy atom. The first-order valence-electron chi connectivity index (χ1n) is 10.0. The van der Waals surface area contributed by atoms with E-state index < -0.39 is 0 Å². The van der Waals surface area contributed by atoms with Gasteiger partial charge in [0.15, 0.2) is 0 Å². The van der Waals surface area contributed by atoms with Crippen molar-refractivity contribution < 1.29 is 9.59 Å². The molecule has 2 N–H and O–H groups in total. The van der Waals surface area contributed by atoms with E-state index in [1.54, 1.807) is 13.1 Å². The predicted molar refractivity (Wildman–Crippen MR) is 126 cm³/mol. The Bertz CT molecular complexity index is 1160. The largest absolute Gasteiger partial charge is 0.355 e. The molecule has 0 aromatic heterocycles. The zero-order valence-electron chi connectivity index (χ0n) is 17.1. The fraction of sp³-hybridized carbons (Fsp3) is 0.0370. The zero-order chi connectivity index (χ0) is 21.6. The van der Waals surface area contributed by atoms with Crippen molar-refractivity contribution in [3.05, 3.63) is 103 Å². The Hall–Kier alpha value is -4.18. The second-order valence-electron chi connectivity index (χ2n) is 7.13. The molecule has 152 valence electrons. The normalized spacial score (nSPS) is 10.4. The third-order valence-electron chi connectivity index (χ3n) is 5.19. The molecule has 0 unspecified atom stereocenters. The van der Waals surface area contributed by atoms with Crippen LogP contribution < -0.4 is 10.6 Å². The summed E-state index contributed by atoms with van der Waals surface area (Å²) in [4.78, 5) is 23.4. The number of nitrogens with one attached hydrogen (secondary N) is 2. The molecular formula is C27H22N2O2. The van der Waals surface area contributed by atoms with Crippen molar-refractivity contribution in [1.82, 2.24) is 5.32 Å². The van der Waals surface area contributed by atoms with Crippen LogP contribution in [0.15, 0.2) is 97.1 Å². The van der Waals surface area contributed by atoms with Gasteiger partial charge in [-0.3, -0.25) is 9.59 Å². The lowest BCUT2D eigenvalue weighted by atomic mass is 9.92. The third-order valence-corrected chi connectivity index (χ3v) is 5.19. The van der Waals surface area contributed by atoms with E-state index in [0.717, 1.165) is 33.4 Å². The summed E-state index contributed by atoms with van der Waals surface area (Å²) in [6.45, 7) is 0. The molecule has 0 atom stereocenters. The van der Waals surface area contributed by atoms with Crippen LogP contribution in [0.4, 0.5) is 5.69 Å². The van der Waals surface area contributed by atoms with Crippen molar-refractivity contribution in [2.75, 3.05) is 12.4 Å². The van der Waals surface area contributed by atoms with Crippen LogP contribution in [0.3, 0.4) is 0 Å². The highest BCUT2D eigenvalue weighted by Gasteiger charge is 2.13. The molecule has 31 heavy (non-hydrogen) atoms. The van der Waals surface area contributed by atoms with Crippen LogP contribution in [0.25, 0.3) is 33.4 Å². The Morgan fingerprint density at radius 2 is 1.16 bits per heavy atom. The molecule has 4 heteroatoms. The molecule has 0 saturated carbocycles. The van der Waals surface area contributed by atoms with Gasteiger partial charge >= 0.3 is 0 Å². The minimum atomic E-state index is -0.256. The predicted octanol–water partition coefficient (Wildman–Crippen LogP) is 5.62. The van der Waals surface area contributed by atoms with Gasteiger partial charge in [-0.05, 0) is 63.7 Å². The molecule has 0 aliphatic rings. The number of benzene rings is 4. The zero-order valence-corrected chi connectivity index (χ0v) is 17.1. The van der Waals surface area contributed by atoms with Crippen LogP contribution in [0.2, 0.25) is 0 Å². The number of carbonyl (C=O) groups excluding carboxylic acids is 2. The van der Waals surface area contributed by atoms with Gasteiger partial charge in [0.05, 0.1) is 11.3 Å². The summed E-state index contributed by atoms with van der Waals surface area (Å²) in [6, 6.07) is 32.3. The molecular weight excluding hydrogens is 384 g/mol. The fourth-order valence-corrected chi connectivity index (χ4v) is 3.62. The first-order chi connectivity index (χ1) is 15.2. The molecule has 0 aliphatic carbocycles. The molecule has 0 bridgehead atoms. The van der Waals surface area contributed by atoms with Crippen molar-refractivity contribution in [1.29, 1.82) is 0 Å². The number of amides is 2. The highest BCUT2D eigenvalue weighted by Crippen LogP contribution is 2.34. The van der Waals surface area contributed by atoms with E-state index in [1.165, 1.54) is 0 Å². The van der Waals surface area contributed by atoms with E-state index in [4.69, 9.17) is 0 Å². The number of hydrogen-bond acceptors (Lipinski definition) is 2. The summed E-state index contributed by atoms with van der Waals surface area (Å²) in [5.74, 6) is -0.256. The average molecular weight is 406 g/mol. The second kappa shape index (κ2) is 9.09. The van der Waals surface area contributed by atoms with Gasteiger partial charge in [-0.25, -0.2) is 0 Å². The molecule has 4 nitrogen and oxygen atoms in total. The van der Waals surface area contributed by atoms with Crippen molar-refractivity contribution >= 4 is 18.0 Å². The van der Waals surface area contributed by atoms with Crippen molar-refractivity contribution in [2.45, 2.75) is 0 Å². The maximum absolute atomic E-state index is 12.4. The molecule has 0 spiro atoms. The van der Waals surface area contributed by atoms with Gasteiger partial charge in [-0.2, -0.15) is 0 Å². The smallest absolute Gasteiger partial charge is 0.253 e. The van der Waals surface area contributed by atoms with Crippen molar-refractivity contribution in [2.24, 2.45) is 0 Å². The first-order valence-corrected chi connectivity index (χ1v) is 10.0. The molecule has 0 fully saturated rings. The van der Waals surface area contributed by atoms with Gasteiger partial charge in [0.25, 0.3) is 5.91 Å². The standard InChI is InChI=1S/C27H22N2O2/c1-28-27(31)25-17-21(12-13-26(25)29-18-30)24-15-22(19-8-4-2-5-9-19)14-23(16-24)20-10-6-3-7-11-20/h2-18H,1H3,(H,28,31)(H,29,30). The molecule has 0 heterocycles. The summed E-state index contributed by atoms with van der Waals surface area (Å²) in [5.41, 5.74) is 7.19. The highest BCUT2D eigenvalue weighted by molar-refractivity contribution is 6.02. The van der Waals surface area contributed by atoms with Crippen LogP contribution in [0.1, 0.15) is 10.4 Å². The van der Waals surface area contributed by atoms with Crippen molar-refractivity contribution in [3.8, 4) is 33.4 Å². The molecule has 0 radical (unpaired) electrons. The van der Waals surface area contributed by atoms with E-state index in [-0.39, 0.29) is 5.91 Å². The molecule has 0 saturated heterocycles. The van der Waals surface area contributed by atoms with E-state index in [0.29, 0.717) is 17.7 Å². The Balaban J connectivity index is 1.90. The lowest BCUT2D eigenvalue weighted by Gasteiger charge is -2.13. The quantitative estimate of drug-likeness (QED) is 0.409. The third kappa shape index (κ3) is 4.38. The molecule has 2 amide bonds. The fourth-order valence-electron chi connectivity index (χ4n) is 3.62. The SMILES string of the molecule is CNC(=O)c1cc(-c2cc(-c3ccccc3)cc(-c3ccccc3)c2)ccc1NC=O. The highest BCUT2D eigenvalue weighted by atomic mass is 16.1. The maximum Gasteiger partial charge on any atom is 0.253 e. The second-order valence-corrected chi connectivity index (χ2v) is 7.13. The molecule has 0 aliphatic heterocycles. The number of rotatable bonds is 6. The van der Waals surface area contributed by atoms with Crippen LogP contribution >= 0.6 is 0 Å². The van der Waals surface area contributed by atoms with Gasteiger partial charge in [0.1, 0.15) is 0 Å². The van der Waals surface area contributed by atoms with Gasteiger partial charge in [0, 0.05) is 7.05 Å². The van der Waals surface area contributed by atoms with Gasteiger partial charge in [-0.15, -0.1) is 0 Å². The van der Waals surface area contributed by atoms with Gasteiger partial charge in [-0.1, -0.05) is 66.7 Å². The minimum Gasteiger partial charge on any atom is -0.355 e. The van der Waals surface area contributed by atoms with Crippen LogP contribution in [0, 0.1) is 0 Å². The summed E-state index contributed by atoms with van der Waals surface area (Å²) in [5, 5.41) is 5.24. The van der Waals surface area contributed by atoms with Crippen LogP contribution in [0.5, 0.6) is 0 Å². The topological polar surface area (TPSA) is 58.2 Å². The molecule has 4 rings (SSSR count). The summed E-state index contributed by atoms with van der Waals surface area (Å²) >= 11 is 0. The summed E-state index contributed by atoms with van der Waals surface area (Å²) in [7, 11) is 1.57. The lowest BCUT2D eigenvalue weighted by molar-refractivity contribution is -0.105.